The summed E-state index contributed by atoms with van der Waals surface area (Å²) in [5.41, 5.74) is 1.10. The lowest BCUT2D eigenvalue weighted by molar-refractivity contribution is 0.195. The highest BCUT2D eigenvalue weighted by molar-refractivity contribution is 5.21. The van der Waals surface area contributed by atoms with Crippen molar-refractivity contribution in [2.45, 2.75) is 18.9 Å². The van der Waals surface area contributed by atoms with Gasteiger partial charge in [-0.05, 0) is 5.56 Å². The van der Waals surface area contributed by atoms with Gasteiger partial charge >= 0.3 is 0 Å². The van der Waals surface area contributed by atoms with Crippen molar-refractivity contribution in [2.24, 2.45) is 0 Å². The second-order valence-corrected chi connectivity index (χ2v) is 3.30. The van der Waals surface area contributed by atoms with E-state index in [0.717, 1.165) is 5.56 Å². The third-order valence-corrected chi connectivity index (χ3v) is 2.28. The molecule has 0 aliphatic rings. The molecule has 2 atom stereocenters. The molecule has 0 saturated carbocycles. The summed E-state index contributed by atoms with van der Waals surface area (Å²) in [6.07, 6.45) is 2.64. The molecule has 1 aromatic carbocycles. The number of aliphatic hydroxyl groups is 2. The highest BCUT2D eigenvalue weighted by Crippen LogP contribution is 2.19. The molecule has 0 heterocycles. The molecule has 0 saturated heterocycles. The zero-order chi connectivity index (χ0) is 10.4. The van der Waals surface area contributed by atoms with Gasteiger partial charge in [-0.3, -0.25) is 0 Å². The normalized spacial score (nSPS) is 15.6. The Labute approximate surface area is 84.5 Å². The Hall–Kier alpha value is -1.12. The molecule has 0 spiro atoms. The summed E-state index contributed by atoms with van der Waals surface area (Å²) < 4.78 is 0. The van der Waals surface area contributed by atoms with Crippen LogP contribution in [0.25, 0.3) is 0 Å². The van der Waals surface area contributed by atoms with Crippen molar-refractivity contribution in [3.8, 4) is 0 Å². The number of hydrogen-bond acceptors (Lipinski definition) is 2. The van der Waals surface area contributed by atoms with Crippen molar-refractivity contribution in [3.05, 3.63) is 48.0 Å². The predicted octanol–water partition coefficient (Wildman–Crippen LogP) is 1.70. The van der Waals surface area contributed by atoms with Crippen LogP contribution in [0.15, 0.2) is 42.5 Å². The van der Waals surface area contributed by atoms with Crippen molar-refractivity contribution >= 4 is 0 Å². The lowest BCUT2D eigenvalue weighted by Crippen LogP contribution is -2.12. The van der Waals surface area contributed by atoms with Gasteiger partial charge in [0, 0.05) is 5.92 Å². The molecular weight excluding hydrogens is 176 g/mol. The maximum absolute atomic E-state index is 9.70. The van der Waals surface area contributed by atoms with E-state index in [4.69, 9.17) is 5.11 Å². The monoisotopic (exact) mass is 192 g/mol. The van der Waals surface area contributed by atoms with Gasteiger partial charge in [0.2, 0.25) is 0 Å². The van der Waals surface area contributed by atoms with Gasteiger partial charge < -0.3 is 10.2 Å². The molecule has 14 heavy (non-hydrogen) atoms. The molecule has 2 unspecified atom stereocenters. The lowest BCUT2D eigenvalue weighted by Gasteiger charge is -2.15. The summed E-state index contributed by atoms with van der Waals surface area (Å²) in [5, 5.41) is 18.3. The van der Waals surface area contributed by atoms with E-state index in [1.165, 1.54) is 0 Å². The van der Waals surface area contributed by atoms with Crippen molar-refractivity contribution in [3.63, 3.8) is 0 Å². The summed E-state index contributed by atoms with van der Waals surface area (Å²) in [4.78, 5) is 0. The molecule has 2 heteroatoms. The number of benzene rings is 1. The van der Waals surface area contributed by atoms with Crippen molar-refractivity contribution in [1.82, 2.24) is 0 Å². The number of aliphatic hydroxyl groups excluding tert-OH is 2. The molecule has 0 aromatic heterocycles. The Bertz CT molecular complexity index is 280. The minimum absolute atomic E-state index is 0.0292. The molecule has 1 aromatic rings. The van der Waals surface area contributed by atoms with Gasteiger partial charge in [-0.25, -0.2) is 0 Å². The van der Waals surface area contributed by atoms with Crippen LogP contribution in [0.3, 0.4) is 0 Å². The topological polar surface area (TPSA) is 40.5 Å². The zero-order valence-corrected chi connectivity index (χ0v) is 8.30. The van der Waals surface area contributed by atoms with Gasteiger partial charge in [0.05, 0.1) is 12.7 Å². The number of hydrogen-bond donors (Lipinski definition) is 2. The maximum atomic E-state index is 9.70. The standard InChI is InChI=1S/C12H16O2/c1-10(12(14)8-5-9-13)11-6-3-2-4-7-11/h2-8,10,12-14H,9H2,1H3/b8-5+. The van der Waals surface area contributed by atoms with Crippen LogP contribution < -0.4 is 0 Å². The zero-order valence-electron chi connectivity index (χ0n) is 8.30. The molecule has 0 radical (unpaired) electrons. The van der Waals surface area contributed by atoms with Crippen LogP contribution in [0.1, 0.15) is 18.4 Å². The molecule has 0 amide bonds. The average molecular weight is 192 g/mol. The molecule has 2 N–H and O–H groups in total. The van der Waals surface area contributed by atoms with Crippen LogP contribution >= 0.6 is 0 Å². The van der Waals surface area contributed by atoms with Crippen molar-refractivity contribution in [1.29, 1.82) is 0 Å². The predicted molar refractivity (Wildman–Crippen MR) is 57.1 cm³/mol. The Morgan fingerprint density at radius 3 is 2.50 bits per heavy atom. The van der Waals surface area contributed by atoms with E-state index in [1.54, 1.807) is 12.2 Å². The van der Waals surface area contributed by atoms with Gasteiger partial charge in [0.15, 0.2) is 0 Å². The van der Waals surface area contributed by atoms with Crippen LogP contribution in [0.5, 0.6) is 0 Å². The summed E-state index contributed by atoms with van der Waals surface area (Å²) in [5.74, 6) is 0.0546. The van der Waals surface area contributed by atoms with Crippen LogP contribution in [0, 0.1) is 0 Å². The smallest absolute Gasteiger partial charge is 0.0787 e. The van der Waals surface area contributed by atoms with Gasteiger partial charge in [-0.15, -0.1) is 0 Å². The second kappa shape index (κ2) is 5.58. The largest absolute Gasteiger partial charge is 0.392 e. The van der Waals surface area contributed by atoms with Crippen LogP contribution in [0.4, 0.5) is 0 Å². The number of rotatable bonds is 4. The first kappa shape index (κ1) is 11.0. The Kier molecular flexibility index (Phi) is 4.36. The van der Waals surface area contributed by atoms with Crippen molar-refractivity contribution < 1.29 is 10.2 Å². The maximum Gasteiger partial charge on any atom is 0.0787 e. The van der Waals surface area contributed by atoms with Crippen LogP contribution in [-0.4, -0.2) is 22.9 Å². The van der Waals surface area contributed by atoms with E-state index < -0.39 is 6.10 Å². The molecule has 0 aliphatic heterocycles. The molecule has 1 rings (SSSR count). The highest BCUT2D eigenvalue weighted by Gasteiger charge is 2.12. The Balaban J connectivity index is 2.65. The van der Waals surface area contributed by atoms with Crippen LogP contribution in [-0.2, 0) is 0 Å². The quantitative estimate of drug-likeness (QED) is 0.713. The molecule has 0 fully saturated rings. The van der Waals surface area contributed by atoms with E-state index in [0.29, 0.717) is 0 Å². The first-order valence-electron chi connectivity index (χ1n) is 4.76. The summed E-state index contributed by atoms with van der Waals surface area (Å²) in [7, 11) is 0. The first-order chi connectivity index (χ1) is 6.75. The van der Waals surface area contributed by atoms with E-state index in [-0.39, 0.29) is 12.5 Å². The van der Waals surface area contributed by atoms with Gasteiger partial charge in [0.25, 0.3) is 0 Å². The minimum Gasteiger partial charge on any atom is -0.392 e. The fourth-order valence-corrected chi connectivity index (χ4v) is 1.32. The minimum atomic E-state index is -0.537. The summed E-state index contributed by atoms with van der Waals surface area (Å²) >= 11 is 0. The third kappa shape index (κ3) is 2.98. The summed E-state index contributed by atoms with van der Waals surface area (Å²) in [6, 6.07) is 9.83. The van der Waals surface area contributed by atoms with Crippen molar-refractivity contribution in [2.75, 3.05) is 6.61 Å². The van der Waals surface area contributed by atoms with Gasteiger partial charge in [0.1, 0.15) is 0 Å². The average Bonchev–Trinajstić information content (AvgIpc) is 2.26. The van der Waals surface area contributed by atoms with E-state index in [9.17, 15) is 5.11 Å². The fraction of sp³-hybridized carbons (Fsp3) is 0.333. The fourth-order valence-electron chi connectivity index (χ4n) is 1.32. The summed E-state index contributed by atoms with van der Waals surface area (Å²) in [6.45, 7) is 1.93. The van der Waals surface area contributed by atoms with E-state index in [1.807, 2.05) is 37.3 Å². The first-order valence-corrected chi connectivity index (χ1v) is 4.76. The van der Waals surface area contributed by atoms with E-state index in [2.05, 4.69) is 0 Å². The molecular formula is C12H16O2. The van der Waals surface area contributed by atoms with Gasteiger partial charge in [-0.2, -0.15) is 0 Å². The highest BCUT2D eigenvalue weighted by atomic mass is 16.3. The molecule has 0 bridgehead atoms. The molecule has 2 nitrogen and oxygen atoms in total. The lowest BCUT2D eigenvalue weighted by atomic mass is 9.95. The van der Waals surface area contributed by atoms with E-state index >= 15 is 0 Å². The molecule has 0 aliphatic carbocycles. The SMILES string of the molecule is CC(c1ccccc1)C(O)/C=C/CO. The Morgan fingerprint density at radius 2 is 1.93 bits per heavy atom. The Morgan fingerprint density at radius 1 is 1.29 bits per heavy atom. The van der Waals surface area contributed by atoms with Gasteiger partial charge in [-0.1, -0.05) is 49.4 Å². The molecule has 76 valence electrons. The second-order valence-electron chi connectivity index (χ2n) is 3.30. The van der Waals surface area contributed by atoms with Crippen LogP contribution in [0.2, 0.25) is 0 Å². The third-order valence-electron chi connectivity index (χ3n) is 2.28.